The number of hydrazone groups is 1. The largest absolute Gasteiger partial charge is 0.295 e. The van der Waals surface area contributed by atoms with E-state index in [1.54, 1.807) is 13.8 Å². The summed E-state index contributed by atoms with van der Waals surface area (Å²) in [6.07, 6.45) is 1.43. The first-order valence-electron chi connectivity index (χ1n) is 9.60. The second-order valence-electron chi connectivity index (χ2n) is 7.20. The number of anilines is 1. The fourth-order valence-corrected chi connectivity index (χ4v) is 3.35. The molecule has 4 rings (SSSR count). The van der Waals surface area contributed by atoms with E-state index in [0.717, 1.165) is 5.01 Å². The Morgan fingerprint density at radius 2 is 1.39 bits per heavy atom. The van der Waals surface area contributed by atoms with Gasteiger partial charge in [0.15, 0.2) is 0 Å². The average molecular weight is 448 g/mol. The molecule has 1 amide bonds. The molecule has 0 spiro atoms. The number of nitro benzene ring substituents is 2. The topological polar surface area (TPSA) is 157 Å². The van der Waals surface area contributed by atoms with Crippen molar-refractivity contribution < 1.29 is 14.6 Å². The van der Waals surface area contributed by atoms with Crippen LogP contribution < -0.4 is 10.6 Å². The number of carbonyl (C=O) groups excluding carboxylic acids is 1. The van der Waals surface area contributed by atoms with Gasteiger partial charge in [-0.1, -0.05) is 0 Å². The lowest BCUT2D eigenvalue weighted by molar-refractivity contribution is -0.385. The number of H-pyrrole nitrogens is 1. The Bertz CT molecular complexity index is 1410. The lowest BCUT2D eigenvalue weighted by Crippen LogP contribution is -2.22. The second kappa shape index (κ2) is 8.00. The van der Waals surface area contributed by atoms with Crippen molar-refractivity contribution in [3.63, 3.8) is 0 Å². The number of benzene rings is 2. The first-order valence-corrected chi connectivity index (χ1v) is 9.60. The maximum absolute atomic E-state index is 13.0. The van der Waals surface area contributed by atoms with Crippen LogP contribution in [0.5, 0.6) is 0 Å². The minimum absolute atomic E-state index is 0.104. The molecule has 0 bridgehead atoms. The molecule has 12 nitrogen and oxygen atoms in total. The zero-order chi connectivity index (χ0) is 23.9. The van der Waals surface area contributed by atoms with Crippen molar-refractivity contribution in [2.24, 2.45) is 5.10 Å². The summed E-state index contributed by atoms with van der Waals surface area (Å²) in [6, 6.07) is 10.8. The summed E-state index contributed by atoms with van der Waals surface area (Å²) in [5.74, 6) is -0.483. The van der Waals surface area contributed by atoms with Crippen LogP contribution in [0.15, 0.2) is 64.0 Å². The molecule has 0 fully saturated rings. The van der Waals surface area contributed by atoms with Crippen molar-refractivity contribution in [1.82, 2.24) is 9.78 Å². The number of rotatable bonds is 5. The third-order valence-electron chi connectivity index (χ3n) is 5.09. The van der Waals surface area contributed by atoms with Crippen molar-refractivity contribution in [2.75, 3.05) is 5.01 Å². The van der Waals surface area contributed by atoms with E-state index in [2.05, 4.69) is 10.2 Å². The molecule has 2 aromatic carbocycles. The molecule has 1 aliphatic rings. The Hall–Kier alpha value is -4.87. The van der Waals surface area contributed by atoms with Gasteiger partial charge in [-0.05, 0) is 44.2 Å². The van der Waals surface area contributed by atoms with Gasteiger partial charge in [0.05, 0.1) is 38.1 Å². The van der Waals surface area contributed by atoms with Crippen LogP contribution in [0.4, 0.5) is 17.1 Å². The van der Waals surface area contributed by atoms with Crippen molar-refractivity contribution in [3.8, 4) is 5.69 Å². The summed E-state index contributed by atoms with van der Waals surface area (Å²) in [6.45, 7) is 3.28. The van der Waals surface area contributed by atoms with Crippen LogP contribution >= 0.6 is 0 Å². The smallest absolute Gasteiger partial charge is 0.280 e. The molecule has 0 radical (unpaired) electrons. The Balaban J connectivity index is 1.67. The number of hydrogen-bond donors (Lipinski definition) is 1. The lowest BCUT2D eigenvalue weighted by atomic mass is 10.1. The molecule has 166 valence electrons. The highest BCUT2D eigenvalue weighted by atomic mass is 16.6. The van der Waals surface area contributed by atoms with Gasteiger partial charge in [-0.3, -0.25) is 34.9 Å². The van der Waals surface area contributed by atoms with E-state index in [1.807, 2.05) is 0 Å². The molecule has 0 saturated carbocycles. The molecule has 1 aromatic heterocycles. The number of aromatic amines is 1. The van der Waals surface area contributed by atoms with Gasteiger partial charge in [0, 0.05) is 30.0 Å². The summed E-state index contributed by atoms with van der Waals surface area (Å²) < 4.78 is 1.23. The van der Waals surface area contributed by atoms with Crippen molar-refractivity contribution >= 4 is 34.8 Å². The quantitative estimate of drug-likeness (QED) is 0.359. The van der Waals surface area contributed by atoms with Crippen molar-refractivity contribution in [3.05, 3.63) is 95.9 Å². The summed E-state index contributed by atoms with van der Waals surface area (Å²) in [5, 5.41) is 29.9. The molecule has 0 unspecified atom stereocenters. The van der Waals surface area contributed by atoms with Gasteiger partial charge >= 0.3 is 0 Å². The van der Waals surface area contributed by atoms with Gasteiger partial charge in [0.2, 0.25) is 0 Å². The molecular weight excluding hydrogens is 432 g/mol. The number of nitro groups is 2. The van der Waals surface area contributed by atoms with Gasteiger partial charge in [-0.15, -0.1) is 0 Å². The molecule has 0 aliphatic carbocycles. The fourth-order valence-electron chi connectivity index (χ4n) is 3.35. The molecule has 0 atom stereocenters. The number of nitrogens with zero attached hydrogens (tertiary/aromatic N) is 5. The zero-order valence-electron chi connectivity index (χ0n) is 17.4. The number of aryl methyl sites for hydroxylation is 1. The number of aromatic nitrogens is 2. The summed E-state index contributed by atoms with van der Waals surface area (Å²) in [7, 11) is 0. The van der Waals surface area contributed by atoms with Gasteiger partial charge < -0.3 is 0 Å². The number of carbonyl (C=O) groups is 1. The normalized spacial score (nSPS) is 14.6. The minimum atomic E-state index is -0.542. The van der Waals surface area contributed by atoms with E-state index in [-0.39, 0.29) is 22.5 Å². The van der Waals surface area contributed by atoms with E-state index in [9.17, 15) is 29.8 Å². The Kier molecular flexibility index (Phi) is 5.18. The fraction of sp³-hybridized carbons (Fsp3) is 0.0952. The summed E-state index contributed by atoms with van der Waals surface area (Å²) in [5.41, 5.74) is 1.38. The van der Waals surface area contributed by atoms with Gasteiger partial charge in [0.1, 0.15) is 0 Å². The maximum atomic E-state index is 13.0. The van der Waals surface area contributed by atoms with Gasteiger partial charge in [-0.2, -0.15) is 10.1 Å². The maximum Gasteiger partial charge on any atom is 0.280 e. The monoisotopic (exact) mass is 448 g/mol. The molecule has 12 heteroatoms. The second-order valence-corrected chi connectivity index (χ2v) is 7.20. The van der Waals surface area contributed by atoms with Gasteiger partial charge in [-0.25, -0.2) is 4.68 Å². The Morgan fingerprint density at radius 3 is 1.91 bits per heavy atom. The molecule has 1 N–H and O–H groups in total. The molecular formula is C21H16N6O6. The molecule has 3 aromatic rings. The lowest BCUT2D eigenvalue weighted by Gasteiger charge is -2.11. The standard InChI is InChI=1S/C21H16N6O6/c1-12-18(20(28)24(22-12)14-3-7-16(8-4-14)26(30)31)11-19-13(2)23-25(21(19)29)15-5-9-17(10-6-15)27(32)33/h3-11,22H,1-2H3/b19-11+. The molecule has 0 saturated heterocycles. The molecule has 33 heavy (non-hydrogen) atoms. The molecule has 1 aliphatic heterocycles. The van der Waals surface area contributed by atoms with E-state index >= 15 is 0 Å². The van der Waals surface area contributed by atoms with Crippen molar-refractivity contribution in [2.45, 2.75) is 13.8 Å². The van der Waals surface area contributed by atoms with Crippen LogP contribution in [-0.2, 0) is 4.79 Å². The summed E-state index contributed by atoms with van der Waals surface area (Å²) >= 11 is 0. The van der Waals surface area contributed by atoms with E-state index in [4.69, 9.17) is 0 Å². The zero-order valence-corrected chi connectivity index (χ0v) is 17.4. The van der Waals surface area contributed by atoms with Crippen LogP contribution in [0.1, 0.15) is 18.2 Å². The number of non-ortho nitro benzene ring substituents is 2. The first-order chi connectivity index (χ1) is 15.7. The van der Waals surface area contributed by atoms with Crippen LogP contribution in [0.2, 0.25) is 0 Å². The minimum Gasteiger partial charge on any atom is -0.295 e. The highest BCUT2D eigenvalue weighted by Crippen LogP contribution is 2.27. The van der Waals surface area contributed by atoms with Crippen LogP contribution in [-0.4, -0.2) is 31.2 Å². The third kappa shape index (κ3) is 3.80. The summed E-state index contributed by atoms with van der Waals surface area (Å²) in [4.78, 5) is 46.6. The molecule has 2 heterocycles. The Morgan fingerprint density at radius 1 is 0.879 bits per heavy atom. The SMILES string of the molecule is CC1=NN(c2ccc([N+](=O)[O-])cc2)C(=O)/C1=C/c1c(C)[nH]n(-c2ccc([N+](=O)[O-])cc2)c1=O. The third-order valence-corrected chi connectivity index (χ3v) is 5.09. The van der Waals surface area contributed by atoms with Gasteiger partial charge in [0.25, 0.3) is 22.8 Å². The average Bonchev–Trinajstić information content (AvgIpc) is 3.24. The first kappa shape index (κ1) is 21.4. The highest BCUT2D eigenvalue weighted by Gasteiger charge is 2.30. The van der Waals surface area contributed by atoms with Crippen LogP contribution in [0.3, 0.4) is 0 Å². The van der Waals surface area contributed by atoms with E-state index in [1.165, 1.54) is 59.3 Å². The number of hydrogen-bond acceptors (Lipinski definition) is 7. The highest BCUT2D eigenvalue weighted by molar-refractivity contribution is 6.32. The van der Waals surface area contributed by atoms with E-state index < -0.39 is 21.3 Å². The van der Waals surface area contributed by atoms with Crippen LogP contribution in [0, 0.1) is 27.2 Å². The number of nitrogens with one attached hydrogen (secondary N) is 1. The predicted molar refractivity (Wildman–Crippen MR) is 119 cm³/mol. The number of amides is 1. The van der Waals surface area contributed by atoms with Crippen LogP contribution in [0.25, 0.3) is 11.8 Å². The van der Waals surface area contributed by atoms with E-state index in [0.29, 0.717) is 22.8 Å². The Labute approximate surface area is 185 Å². The van der Waals surface area contributed by atoms with Crippen molar-refractivity contribution in [1.29, 1.82) is 0 Å². The predicted octanol–water partition coefficient (Wildman–Crippen LogP) is 3.10.